The van der Waals surface area contributed by atoms with E-state index in [4.69, 9.17) is 4.74 Å². The third kappa shape index (κ3) is 5.21. The predicted octanol–water partition coefficient (Wildman–Crippen LogP) is 5.70. The van der Waals surface area contributed by atoms with Gasteiger partial charge in [0.2, 0.25) is 0 Å². The molecule has 0 radical (unpaired) electrons. The summed E-state index contributed by atoms with van der Waals surface area (Å²) in [4.78, 5) is 0.316. The molecule has 1 nitrogen and oxygen atoms in total. The Balaban J connectivity index is 2.78. The summed E-state index contributed by atoms with van der Waals surface area (Å²) in [6.45, 7) is 2.81. The molecular formula is C12H14Br4O. The molecule has 1 unspecified atom stereocenters. The summed E-state index contributed by atoms with van der Waals surface area (Å²) in [6.07, 6.45) is 2.23. The number of halogens is 4. The second-order valence-corrected chi connectivity index (χ2v) is 7.35. The quantitative estimate of drug-likeness (QED) is 0.462. The van der Waals surface area contributed by atoms with Crippen LogP contribution >= 0.6 is 63.7 Å². The molecule has 1 atom stereocenters. The lowest BCUT2D eigenvalue weighted by Gasteiger charge is -2.13. The zero-order chi connectivity index (χ0) is 12.8. The Hall–Kier alpha value is 0.940. The van der Waals surface area contributed by atoms with Crippen molar-refractivity contribution in [3.8, 4) is 5.75 Å². The molecule has 0 saturated carbocycles. The summed E-state index contributed by atoms with van der Waals surface area (Å²) in [5, 5.41) is 0.871. The van der Waals surface area contributed by atoms with E-state index >= 15 is 0 Å². The number of rotatable bonds is 6. The van der Waals surface area contributed by atoms with Crippen molar-refractivity contribution in [3.05, 3.63) is 26.6 Å². The van der Waals surface area contributed by atoms with E-state index in [2.05, 4.69) is 82.8 Å². The predicted molar refractivity (Wildman–Crippen MR) is 87.8 cm³/mol. The zero-order valence-electron chi connectivity index (χ0n) is 9.48. The fraction of sp³-hybridized carbons (Fsp3) is 0.500. The number of aryl methyl sites for hydroxylation is 1. The normalized spacial score (nSPS) is 12.5. The van der Waals surface area contributed by atoms with Gasteiger partial charge in [-0.2, -0.15) is 0 Å². The van der Waals surface area contributed by atoms with Crippen LogP contribution in [-0.4, -0.2) is 16.8 Å². The monoisotopic (exact) mass is 490 g/mol. The van der Waals surface area contributed by atoms with Gasteiger partial charge >= 0.3 is 0 Å². The maximum atomic E-state index is 5.78. The van der Waals surface area contributed by atoms with E-state index in [9.17, 15) is 0 Å². The van der Waals surface area contributed by atoms with Crippen LogP contribution in [0.5, 0.6) is 5.75 Å². The molecule has 0 bridgehead atoms. The van der Waals surface area contributed by atoms with Gasteiger partial charge in [0.05, 0.1) is 13.8 Å². The van der Waals surface area contributed by atoms with E-state index < -0.39 is 0 Å². The van der Waals surface area contributed by atoms with Gasteiger partial charge in [-0.25, -0.2) is 0 Å². The first-order valence-corrected chi connectivity index (χ1v) is 9.01. The number of hydrogen-bond acceptors (Lipinski definition) is 1. The van der Waals surface area contributed by atoms with Crippen molar-refractivity contribution in [2.45, 2.75) is 24.6 Å². The van der Waals surface area contributed by atoms with Crippen molar-refractivity contribution < 1.29 is 4.74 Å². The van der Waals surface area contributed by atoms with Gasteiger partial charge in [0.1, 0.15) is 12.4 Å². The third-order valence-electron chi connectivity index (χ3n) is 2.17. The smallest absolute Gasteiger partial charge is 0.147 e. The molecule has 0 aliphatic heterocycles. The highest BCUT2D eigenvalue weighted by Crippen LogP contribution is 2.35. The number of benzene rings is 1. The van der Waals surface area contributed by atoms with Crippen LogP contribution in [-0.2, 0) is 6.42 Å². The Morgan fingerprint density at radius 1 is 1.24 bits per heavy atom. The molecule has 5 heteroatoms. The maximum Gasteiger partial charge on any atom is 0.147 e. The van der Waals surface area contributed by atoms with E-state index in [0.29, 0.717) is 11.4 Å². The average Bonchev–Trinajstić information content (AvgIpc) is 2.28. The van der Waals surface area contributed by atoms with Crippen molar-refractivity contribution in [1.82, 2.24) is 0 Å². The van der Waals surface area contributed by atoms with Crippen LogP contribution in [0.1, 0.15) is 18.9 Å². The third-order valence-corrected chi connectivity index (χ3v) is 5.59. The molecule has 0 spiro atoms. The number of ether oxygens (including phenoxy) is 1. The number of hydrogen-bond donors (Lipinski definition) is 0. The lowest BCUT2D eigenvalue weighted by molar-refractivity contribution is 0.321. The Kier molecular flexibility index (Phi) is 7.70. The van der Waals surface area contributed by atoms with E-state index in [0.717, 1.165) is 32.9 Å². The maximum absolute atomic E-state index is 5.78. The first-order valence-electron chi connectivity index (χ1n) is 5.39. The molecule has 1 aromatic rings. The van der Waals surface area contributed by atoms with Gasteiger partial charge in [0.15, 0.2) is 0 Å². The summed E-state index contributed by atoms with van der Waals surface area (Å²) in [6, 6.07) is 4.25. The molecule has 0 aromatic heterocycles. The highest BCUT2D eigenvalue weighted by Gasteiger charge is 2.11. The summed E-state index contributed by atoms with van der Waals surface area (Å²) in [5.41, 5.74) is 1.31. The molecule has 0 aliphatic rings. The summed E-state index contributed by atoms with van der Waals surface area (Å²) >= 11 is 14.0. The highest BCUT2D eigenvalue weighted by atomic mass is 79.9. The average molecular weight is 494 g/mol. The van der Waals surface area contributed by atoms with E-state index in [-0.39, 0.29) is 0 Å². The minimum absolute atomic E-state index is 0.316. The van der Waals surface area contributed by atoms with Crippen LogP contribution in [0.4, 0.5) is 0 Å². The van der Waals surface area contributed by atoms with Crippen molar-refractivity contribution in [2.24, 2.45) is 0 Å². The summed E-state index contributed by atoms with van der Waals surface area (Å²) < 4.78 is 7.79. The Labute approximate surface area is 136 Å². The second kappa shape index (κ2) is 8.18. The van der Waals surface area contributed by atoms with Crippen molar-refractivity contribution in [1.29, 1.82) is 0 Å². The largest absolute Gasteiger partial charge is 0.490 e. The molecule has 0 heterocycles. The molecule has 1 aromatic carbocycles. The van der Waals surface area contributed by atoms with Crippen molar-refractivity contribution in [3.63, 3.8) is 0 Å². The lowest BCUT2D eigenvalue weighted by Crippen LogP contribution is -2.12. The van der Waals surface area contributed by atoms with Gasteiger partial charge < -0.3 is 4.74 Å². The molecular weight excluding hydrogens is 480 g/mol. The van der Waals surface area contributed by atoms with Crippen LogP contribution in [0.25, 0.3) is 0 Å². The first-order chi connectivity index (χ1) is 8.08. The highest BCUT2D eigenvalue weighted by molar-refractivity contribution is 9.12. The van der Waals surface area contributed by atoms with E-state index in [1.807, 2.05) is 0 Å². The van der Waals surface area contributed by atoms with Gasteiger partial charge in [-0.15, -0.1) is 0 Å². The van der Waals surface area contributed by atoms with E-state index in [1.165, 1.54) is 5.56 Å². The summed E-state index contributed by atoms with van der Waals surface area (Å²) in [7, 11) is 0. The second-order valence-electron chi connectivity index (χ2n) is 3.70. The molecule has 0 fully saturated rings. The van der Waals surface area contributed by atoms with Gasteiger partial charge in [0, 0.05) is 5.33 Å². The molecule has 0 saturated heterocycles. The molecule has 0 amide bonds. The van der Waals surface area contributed by atoms with Gasteiger partial charge in [-0.1, -0.05) is 45.2 Å². The Morgan fingerprint density at radius 3 is 2.29 bits per heavy atom. The fourth-order valence-corrected chi connectivity index (χ4v) is 3.23. The van der Waals surface area contributed by atoms with Crippen molar-refractivity contribution in [2.75, 3.05) is 11.9 Å². The molecule has 0 aliphatic carbocycles. The van der Waals surface area contributed by atoms with Gasteiger partial charge in [-0.3, -0.25) is 0 Å². The SMILES string of the molecule is CCCc1cc(Br)c(OCC(Br)CBr)c(Br)c1. The van der Waals surface area contributed by atoms with Gasteiger partial charge in [0.25, 0.3) is 0 Å². The number of alkyl halides is 2. The topological polar surface area (TPSA) is 9.23 Å². The molecule has 17 heavy (non-hydrogen) atoms. The minimum Gasteiger partial charge on any atom is -0.490 e. The van der Waals surface area contributed by atoms with Crippen LogP contribution in [0.2, 0.25) is 0 Å². The zero-order valence-corrected chi connectivity index (χ0v) is 15.8. The van der Waals surface area contributed by atoms with E-state index in [1.54, 1.807) is 0 Å². The molecule has 1 rings (SSSR count). The standard InChI is InChI=1S/C12H14Br4O/c1-2-3-8-4-10(15)12(11(16)5-8)17-7-9(14)6-13/h4-5,9H,2-3,6-7H2,1H3. The van der Waals surface area contributed by atoms with Crippen molar-refractivity contribution >= 4 is 63.7 Å². The minimum atomic E-state index is 0.316. The van der Waals surface area contributed by atoms with Crippen LogP contribution in [0, 0.1) is 0 Å². The fourth-order valence-electron chi connectivity index (χ4n) is 1.40. The Bertz CT molecular complexity index is 345. The lowest BCUT2D eigenvalue weighted by atomic mass is 10.1. The molecule has 96 valence electrons. The van der Waals surface area contributed by atoms with Crippen LogP contribution in [0.3, 0.4) is 0 Å². The molecule has 0 N–H and O–H groups in total. The summed E-state index contributed by atoms with van der Waals surface area (Å²) in [5.74, 6) is 0.871. The van der Waals surface area contributed by atoms with Crippen LogP contribution in [0.15, 0.2) is 21.1 Å². The van der Waals surface area contributed by atoms with Crippen LogP contribution < -0.4 is 4.74 Å². The Morgan fingerprint density at radius 2 is 1.82 bits per heavy atom. The van der Waals surface area contributed by atoms with Gasteiger partial charge in [-0.05, 0) is 56.0 Å². The first kappa shape index (κ1) is 16.0.